The molecule has 0 heterocycles. The third kappa shape index (κ3) is 6.40. The fourth-order valence-corrected chi connectivity index (χ4v) is 1.67. The first kappa shape index (κ1) is 17.2. The Balaban J connectivity index is 2.30. The summed E-state index contributed by atoms with van der Waals surface area (Å²) in [5, 5.41) is 2.81. The highest BCUT2D eigenvalue weighted by molar-refractivity contribution is 5.96. The van der Waals surface area contributed by atoms with E-state index in [9.17, 15) is 9.59 Å². The van der Waals surface area contributed by atoms with Crippen LogP contribution in [0.25, 0.3) is 0 Å². The van der Waals surface area contributed by atoms with E-state index in [0.29, 0.717) is 30.2 Å². The molecule has 0 bridgehead atoms. The Morgan fingerprint density at radius 1 is 1.14 bits per heavy atom. The molecule has 0 fully saturated rings. The minimum absolute atomic E-state index is 0.157. The number of benzene rings is 1. The standard InChI is InChI=1S/C16H23NO4/c1-12(2)11-21-10-4-9-17-15(18)13-5-7-14(8-6-13)16(19)20-3/h5-8,12H,4,9-11H2,1-3H3,(H,17,18). The van der Waals surface area contributed by atoms with Gasteiger partial charge in [-0.3, -0.25) is 4.79 Å². The van der Waals surface area contributed by atoms with Gasteiger partial charge >= 0.3 is 5.97 Å². The summed E-state index contributed by atoms with van der Waals surface area (Å²) in [5.41, 5.74) is 0.946. The van der Waals surface area contributed by atoms with Crippen LogP contribution >= 0.6 is 0 Å². The highest BCUT2D eigenvalue weighted by Crippen LogP contribution is 2.05. The molecule has 1 amide bonds. The van der Waals surface area contributed by atoms with Crippen molar-refractivity contribution in [1.29, 1.82) is 0 Å². The van der Waals surface area contributed by atoms with Gasteiger partial charge in [0, 0.05) is 25.3 Å². The first-order chi connectivity index (χ1) is 10.0. The normalized spacial score (nSPS) is 10.5. The fraction of sp³-hybridized carbons (Fsp3) is 0.500. The molecule has 116 valence electrons. The fourth-order valence-electron chi connectivity index (χ4n) is 1.67. The number of rotatable bonds is 8. The molecule has 5 nitrogen and oxygen atoms in total. The van der Waals surface area contributed by atoms with E-state index in [1.807, 2.05) is 0 Å². The molecule has 0 aliphatic carbocycles. The monoisotopic (exact) mass is 293 g/mol. The molecule has 1 aromatic carbocycles. The van der Waals surface area contributed by atoms with Crippen LogP contribution < -0.4 is 5.32 Å². The number of hydrogen-bond donors (Lipinski definition) is 1. The lowest BCUT2D eigenvalue weighted by atomic mass is 10.1. The predicted octanol–water partition coefficient (Wildman–Crippen LogP) is 2.27. The minimum Gasteiger partial charge on any atom is -0.465 e. The van der Waals surface area contributed by atoms with Crippen molar-refractivity contribution in [3.63, 3.8) is 0 Å². The molecule has 0 spiro atoms. The van der Waals surface area contributed by atoms with Gasteiger partial charge in [-0.15, -0.1) is 0 Å². The zero-order valence-electron chi connectivity index (χ0n) is 12.8. The molecule has 0 saturated heterocycles. The van der Waals surface area contributed by atoms with Gasteiger partial charge in [0.15, 0.2) is 0 Å². The molecule has 0 aliphatic rings. The van der Waals surface area contributed by atoms with E-state index in [4.69, 9.17) is 4.74 Å². The summed E-state index contributed by atoms with van der Waals surface area (Å²) in [7, 11) is 1.32. The SMILES string of the molecule is COC(=O)c1ccc(C(=O)NCCCOCC(C)C)cc1. The number of methoxy groups -OCH3 is 1. The van der Waals surface area contributed by atoms with Crippen molar-refractivity contribution in [1.82, 2.24) is 5.32 Å². The Morgan fingerprint density at radius 2 is 1.76 bits per heavy atom. The molecular formula is C16H23NO4. The molecule has 0 unspecified atom stereocenters. The maximum atomic E-state index is 11.9. The van der Waals surface area contributed by atoms with Crippen molar-refractivity contribution >= 4 is 11.9 Å². The smallest absolute Gasteiger partial charge is 0.337 e. The van der Waals surface area contributed by atoms with E-state index in [0.717, 1.165) is 13.0 Å². The van der Waals surface area contributed by atoms with Crippen molar-refractivity contribution in [3.05, 3.63) is 35.4 Å². The van der Waals surface area contributed by atoms with E-state index in [1.165, 1.54) is 7.11 Å². The maximum Gasteiger partial charge on any atom is 0.337 e. The van der Waals surface area contributed by atoms with Crippen LogP contribution in [0, 0.1) is 5.92 Å². The lowest BCUT2D eigenvalue weighted by Gasteiger charge is -2.08. The molecule has 0 saturated carbocycles. The predicted molar refractivity (Wildman–Crippen MR) is 80.4 cm³/mol. The summed E-state index contributed by atoms with van der Waals surface area (Å²) in [6, 6.07) is 6.37. The maximum absolute atomic E-state index is 11.9. The second-order valence-corrected chi connectivity index (χ2v) is 5.15. The topological polar surface area (TPSA) is 64.6 Å². The minimum atomic E-state index is -0.413. The van der Waals surface area contributed by atoms with E-state index in [-0.39, 0.29) is 5.91 Å². The summed E-state index contributed by atoms with van der Waals surface area (Å²) in [4.78, 5) is 23.1. The molecule has 0 aliphatic heterocycles. The Hall–Kier alpha value is -1.88. The van der Waals surface area contributed by atoms with Gasteiger partial charge in [0.05, 0.1) is 12.7 Å². The van der Waals surface area contributed by atoms with Crippen LogP contribution in [0.3, 0.4) is 0 Å². The first-order valence-electron chi connectivity index (χ1n) is 7.09. The van der Waals surface area contributed by atoms with Crippen molar-refractivity contribution < 1.29 is 19.1 Å². The lowest BCUT2D eigenvalue weighted by Crippen LogP contribution is -2.25. The molecule has 21 heavy (non-hydrogen) atoms. The molecule has 0 radical (unpaired) electrons. The highest BCUT2D eigenvalue weighted by atomic mass is 16.5. The van der Waals surface area contributed by atoms with Crippen LogP contribution in [-0.2, 0) is 9.47 Å². The van der Waals surface area contributed by atoms with Crippen molar-refractivity contribution in [2.45, 2.75) is 20.3 Å². The third-order valence-corrected chi connectivity index (χ3v) is 2.77. The average molecular weight is 293 g/mol. The van der Waals surface area contributed by atoms with Crippen molar-refractivity contribution in [2.75, 3.05) is 26.9 Å². The van der Waals surface area contributed by atoms with Gasteiger partial charge in [-0.1, -0.05) is 13.8 Å². The van der Waals surface area contributed by atoms with Gasteiger partial charge in [-0.2, -0.15) is 0 Å². The zero-order valence-corrected chi connectivity index (χ0v) is 12.8. The summed E-state index contributed by atoms with van der Waals surface area (Å²) in [6.07, 6.45) is 0.776. The first-order valence-corrected chi connectivity index (χ1v) is 7.09. The largest absolute Gasteiger partial charge is 0.465 e. The van der Waals surface area contributed by atoms with Gasteiger partial charge in [0.1, 0.15) is 0 Å². The second kappa shape index (κ2) is 9.13. The van der Waals surface area contributed by atoms with Gasteiger partial charge in [0.25, 0.3) is 5.91 Å². The molecule has 0 atom stereocenters. The molecular weight excluding hydrogens is 270 g/mol. The highest BCUT2D eigenvalue weighted by Gasteiger charge is 2.08. The number of esters is 1. The van der Waals surface area contributed by atoms with Crippen molar-refractivity contribution in [3.8, 4) is 0 Å². The third-order valence-electron chi connectivity index (χ3n) is 2.77. The number of nitrogens with one attached hydrogen (secondary N) is 1. The van der Waals surface area contributed by atoms with Crippen LogP contribution in [0.5, 0.6) is 0 Å². The number of carbonyl (C=O) groups excluding carboxylic acids is 2. The van der Waals surface area contributed by atoms with Crippen LogP contribution in [0.1, 0.15) is 41.0 Å². The quantitative estimate of drug-likeness (QED) is 0.590. The number of carbonyl (C=O) groups is 2. The lowest BCUT2D eigenvalue weighted by molar-refractivity contribution is 0.0600. The van der Waals surface area contributed by atoms with Crippen LogP contribution in [0.4, 0.5) is 0 Å². The molecule has 1 N–H and O–H groups in total. The van der Waals surface area contributed by atoms with Crippen molar-refractivity contribution in [2.24, 2.45) is 5.92 Å². The Bertz CT molecular complexity index is 454. The van der Waals surface area contributed by atoms with Crippen LogP contribution in [0.2, 0.25) is 0 Å². The number of amides is 1. The summed E-state index contributed by atoms with van der Waals surface area (Å²) in [6.45, 7) is 6.14. The van der Waals surface area contributed by atoms with E-state index in [2.05, 4.69) is 23.9 Å². The van der Waals surface area contributed by atoms with Gasteiger partial charge < -0.3 is 14.8 Å². The van der Waals surface area contributed by atoms with Crippen LogP contribution in [0.15, 0.2) is 24.3 Å². The van der Waals surface area contributed by atoms with E-state index < -0.39 is 5.97 Å². The Kier molecular flexibility index (Phi) is 7.46. The molecule has 1 rings (SSSR count). The van der Waals surface area contributed by atoms with Gasteiger partial charge in [-0.25, -0.2) is 4.79 Å². The van der Waals surface area contributed by atoms with Crippen LogP contribution in [-0.4, -0.2) is 38.7 Å². The zero-order chi connectivity index (χ0) is 15.7. The average Bonchev–Trinajstić information content (AvgIpc) is 2.49. The summed E-state index contributed by atoms with van der Waals surface area (Å²) < 4.78 is 10.0. The second-order valence-electron chi connectivity index (χ2n) is 5.15. The van der Waals surface area contributed by atoms with E-state index in [1.54, 1.807) is 24.3 Å². The Morgan fingerprint density at radius 3 is 2.33 bits per heavy atom. The Labute approximate surface area is 125 Å². The number of hydrogen-bond acceptors (Lipinski definition) is 4. The number of ether oxygens (including phenoxy) is 2. The molecule has 0 aromatic heterocycles. The summed E-state index contributed by atoms with van der Waals surface area (Å²) in [5.74, 6) is -0.0487. The summed E-state index contributed by atoms with van der Waals surface area (Å²) >= 11 is 0. The molecule has 1 aromatic rings. The van der Waals surface area contributed by atoms with Gasteiger partial charge in [0.2, 0.25) is 0 Å². The molecule has 5 heteroatoms. The van der Waals surface area contributed by atoms with Gasteiger partial charge in [-0.05, 0) is 36.6 Å². The van der Waals surface area contributed by atoms with E-state index >= 15 is 0 Å².